The van der Waals surface area contributed by atoms with Crippen molar-refractivity contribution < 1.29 is 4.79 Å². The topological polar surface area (TPSA) is 17.1 Å². The third-order valence-electron chi connectivity index (χ3n) is 1.58. The molecule has 0 heterocycles. The molecular formula is C10H11ClO. The normalized spacial score (nSPS) is 11.2. The maximum absolute atomic E-state index is 11.5. The standard InChI is InChI=1S/C10H11ClO/c1-10(2,11)9(12)8-6-4-3-5-7-8/h3-7H,1-2H3. The average Bonchev–Trinajstić information content (AvgIpc) is 2.03. The van der Waals surface area contributed by atoms with E-state index in [-0.39, 0.29) is 5.78 Å². The van der Waals surface area contributed by atoms with Gasteiger partial charge in [-0.1, -0.05) is 30.3 Å². The van der Waals surface area contributed by atoms with Crippen molar-refractivity contribution in [3.8, 4) is 0 Å². The summed E-state index contributed by atoms with van der Waals surface area (Å²) in [6.07, 6.45) is 0. The molecule has 1 aromatic carbocycles. The molecule has 0 atom stereocenters. The summed E-state index contributed by atoms with van der Waals surface area (Å²) in [5.41, 5.74) is 0.664. The average molecular weight is 183 g/mol. The Bertz CT molecular complexity index is 272. The van der Waals surface area contributed by atoms with E-state index >= 15 is 0 Å². The van der Waals surface area contributed by atoms with Gasteiger partial charge < -0.3 is 0 Å². The van der Waals surface area contributed by atoms with Gasteiger partial charge in [-0.3, -0.25) is 4.79 Å². The summed E-state index contributed by atoms with van der Waals surface area (Å²) in [5.74, 6) is -0.0373. The fourth-order valence-electron chi connectivity index (χ4n) is 0.933. The van der Waals surface area contributed by atoms with Gasteiger partial charge >= 0.3 is 0 Å². The van der Waals surface area contributed by atoms with Gasteiger partial charge in [0, 0.05) is 5.56 Å². The molecule has 0 aliphatic carbocycles. The summed E-state index contributed by atoms with van der Waals surface area (Å²) in [5, 5.41) is 0. The van der Waals surface area contributed by atoms with Gasteiger partial charge in [0.25, 0.3) is 0 Å². The second kappa shape index (κ2) is 3.28. The molecule has 0 aliphatic heterocycles. The molecule has 0 radical (unpaired) electrons. The van der Waals surface area contributed by atoms with Crippen LogP contribution in [-0.4, -0.2) is 10.7 Å². The highest BCUT2D eigenvalue weighted by Gasteiger charge is 2.24. The second-order valence-electron chi connectivity index (χ2n) is 3.17. The van der Waals surface area contributed by atoms with Crippen molar-refractivity contribution in [1.82, 2.24) is 0 Å². The van der Waals surface area contributed by atoms with E-state index in [0.29, 0.717) is 5.56 Å². The fourth-order valence-corrected chi connectivity index (χ4v) is 1.04. The summed E-state index contributed by atoms with van der Waals surface area (Å²) >= 11 is 5.87. The predicted molar refractivity (Wildman–Crippen MR) is 50.7 cm³/mol. The number of alkyl halides is 1. The number of Topliss-reactive ketones (excluding diaryl/α,β-unsaturated/α-hetero) is 1. The van der Waals surface area contributed by atoms with Crippen molar-refractivity contribution >= 4 is 17.4 Å². The highest BCUT2D eigenvalue weighted by molar-refractivity contribution is 6.37. The quantitative estimate of drug-likeness (QED) is 0.508. The summed E-state index contributed by atoms with van der Waals surface area (Å²) in [6, 6.07) is 9.07. The Labute approximate surface area is 77.4 Å². The molecule has 1 rings (SSSR count). The SMILES string of the molecule is CC(C)(Cl)C(=O)c1ccccc1. The van der Waals surface area contributed by atoms with Crippen molar-refractivity contribution in [2.45, 2.75) is 18.7 Å². The number of rotatable bonds is 2. The van der Waals surface area contributed by atoms with E-state index < -0.39 is 4.87 Å². The Morgan fingerprint density at radius 2 is 1.75 bits per heavy atom. The van der Waals surface area contributed by atoms with Crippen LogP contribution in [0.1, 0.15) is 24.2 Å². The van der Waals surface area contributed by atoms with Crippen LogP contribution in [-0.2, 0) is 0 Å². The van der Waals surface area contributed by atoms with E-state index in [2.05, 4.69) is 0 Å². The van der Waals surface area contributed by atoms with Crippen LogP contribution in [0.15, 0.2) is 30.3 Å². The van der Waals surface area contributed by atoms with E-state index in [1.54, 1.807) is 26.0 Å². The minimum absolute atomic E-state index is 0.0373. The molecule has 1 aromatic rings. The molecule has 0 amide bonds. The fraction of sp³-hybridized carbons (Fsp3) is 0.300. The van der Waals surface area contributed by atoms with Crippen LogP contribution >= 0.6 is 11.6 Å². The molecule has 0 saturated carbocycles. The summed E-state index contributed by atoms with van der Waals surface area (Å²) in [4.78, 5) is 10.7. The van der Waals surface area contributed by atoms with Crippen molar-refractivity contribution in [3.05, 3.63) is 35.9 Å². The third kappa shape index (κ3) is 2.08. The van der Waals surface area contributed by atoms with E-state index in [1.807, 2.05) is 18.2 Å². The number of carbonyl (C=O) groups excluding carboxylic acids is 1. The van der Waals surface area contributed by atoms with Gasteiger partial charge in [0.2, 0.25) is 0 Å². The minimum atomic E-state index is -0.804. The Morgan fingerprint density at radius 3 is 2.17 bits per heavy atom. The van der Waals surface area contributed by atoms with Crippen molar-refractivity contribution in [3.63, 3.8) is 0 Å². The van der Waals surface area contributed by atoms with Crippen molar-refractivity contribution in [1.29, 1.82) is 0 Å². The molecule has 1 nitrogen and oxygen atoms in total. The van der Waals surface area contributed by atoms with Gasteiger partial charge in [-0.2, -0.15) is 0 Å². The van der Waals surface area contributed by atoms with Crippen LogP contribution in [0.4, 0.5) is 0 Å². The first kappa shape index (κ1) is 9.27. The van der Waals surface area contributed by atoms with Crippen molar-refractivity contribution in [2.24, 2.45) is 0 Å². The molecule has 64 valence electrons. The van der Waals surface area contributed by atoms with Crippen LogP contribution in [0.25, 0.3) is 0 Å². The minimum Gasteiger partial charge on any atom is -0.292 e. The number of hydrogen-bond donors (Lipinski definition) is 0. The molecule has 0 unspecified atom stereocenters. The monoisotopic (exact) mass is 182 g/mol. The highest BCUT2D eigenvalue weighted by atomic mass is 35.5. The molecule has 0 aliphatic rings. The zero-order chi connectivity index (χ0) is 9.19. The zero-order valence-corrected chi connectivity index (χ0v) is 7.93. The predicted octanol–water partition coefficient (Wildman–Crippen LogP) is 2.89. The third-order valence-corrected chi connectivity index (χ3v) is 1.75. The lowest BCUT2D eigenvalue weighted by Crippen LogP contribution is -2.24. The van der Waals surface area contributed by atoms with E-state index in [0.717, 1.165) is 0 Å². The number of benzene rings is 1. The van der Waals surface area contributed by atoms with Crippen LogP contribution in [0.2, 0.25) is 0 Å². The largest absolute Gasteiger partial charge is 0.292 e. The van der Waals surface area contributed by atoms with Crippen LogP contribution in [0.5, 0.6) is 0 Å². The first-order chi connectivity index (χ1) is 5.52. The Kier molecular flexibility index (Phi) is 2.53. The van der Waals surface area contributed by atoms with Gasteiger partial charge in [0.15, 0.2) is 5.78 Å². The molecule has 0 fully saturated rings. The van der Waals surface area contributed by atoms with E-state index in [1.165, 1.54) is 0 Å². The first-order valence-electron chi connectivity index (χ1n) is 3.80. The number of ketones is 1. The highest BCUT2D eigenvalue weighted by Crippen LogP contribution is 2.19. The van der Waals surface area contributed by atoms with Gasteiger partial charge in [0.1, 0.15) is 4.87 Å². The van der Waals surface area contributed by atoms with Gasteiger partial charge in [-0.25, -0.2) is 0 Å². The van der Waals surface area contributed by atoms with Crippen molar-refractivity contribution in [2.75, 3.05) is 0 Å². The lowest BCUT2D eigenvalue weighted by Gasteiger charge is -2.13. The number of hydrogen-bond acceptors (Lipinski definition) is 1. The first-order valence-corrected chi connectivity index (χ1v) is 4.18. The Balaban J connectivity index is 2.94. The molecule has 0 bridgehead atoms. The van der Waals surface area contributed by atoms with E-state index in [4.69, 9.17) is 11.6 Å². The van der Waals surface area contributed by atoms with Gasteiger partial charge in [-0.05, 0) is 13.8 Å². The second-order valence-corrected chi connectivity index (χ2v) is 4.11. The smallest absolute Gasteiger partial charge is 0.183 e. The molecule has 2 heteroatoms. The molecule has 0 saturated heterocycles. The van der Waals surface area contributed by atoms with Crippen LogP contribution in [0.3, 0.4) is 0 Å². The molecule has 0 N–H and O–H groups in total. The lowest BCUT2D eigenvalue weighted by atomic mass is 10.0. The van der Waals surface area contributed by atoms with Crippen LogP contribution in [0, 0.1) is 0 Å². The lowest BCUT2D eigenvalue weighted by molar-refractivity contribution is 0.0954. The summed E-state index contributed by atoms with van der Waals surface area (Å²) in [6.45, 7) is 3.40. The summed E-state index contributed by atoms with van der Waals surface area (Å²) < 4.78 is 0. The Morgan fingerprint density at radius 1 is 1.25 bits per heavy atom. The Hall–Kier alpha value is -0.820. The van der Waals surface area contributed by atoms with Gasteiger partial charge in [0.05, 0.1) is 0 Å². The molecule has 0 spiro atoms. The zero-order valence-electron chi connectivity index (χ0n) is 7.17. The molecule has 12 heavy (non-hydrogen) atoms. The molecule has 0 aromatic heterocycles. The number of carbonyl (C=O) groups is 1. The maximum atomic E-state index is 11.5. The molecular weight excluding hydrogens is 172 g/mol. The maximum Gasteiger partial charge on any atom is 0.183 e. The summed E-state index contributed by atoms with van der Waals surface area (Å²) in [7, 11) is 0. The van der Waals surface area contributed by atoms with E-state index in [9.17, 15) is 4.79 Å². The number of halogens is 1. The van der Waals surface area contributed by atoms with Crippen LogP contribution < -0.4 is 0 Å². The van der Waals surface area contributed by atoms with Gasteiger partial charge in [-0.15, -0.1) is 11.6 Å².